The van der Waals surface area contributed by atoms with E-state index in [1.165, 1.54) is 53.1 Å². The molecule has 3 aromatic rings. The first-order chi connectivity index (χ1) is 15.6. The normalized spacial score (nSPS) is 12.4. The Kier molecular flexibility index (Phi) is 6.97. The zero-order valence-corrected chi connectivity index (χ0v) is 19.9. The number of fused-ring (bicyclic) bond motifs is 1. The molecule has 0 aliphatic carbocycles. The number of ether oxygens (including phenoxy) is 1. The van der Waals surface area contributed by atoms with Gasteiger partial charge in [-0.3, -0.25) is 27.8 Å². The summed E-state index contributed by atoms with van der Waals surface area (Å²) in [5.74, 6) is -0.171. The predicted molar refractivity (Wildman–Crippen MR) is 126 cm³/mol. The van der Waals surface area contributed by atoms with Gasteiger partial charge < -0.3 is 14.6 Å². The van der Waals surface area contributed by atoms with Gasteiger partial charge in [-0.1, -0.05) is 13.8 Å². The standard InChI is InChI=1S/C20H28N6O6S/c1-6-26(7-2)33(30,31)13-8-9-15(32-5)14(10-13)22-16(27)11-25-12-21-18-17(25)19(28)24(4)20(29)23(18)3/h8-10,12,30-31H,6-7,11H2,1-5H3,(H,22,27). The molecule has 180 valence electrons. The van der Waals surface area contributed by atoms with Crippen LogP contribution in [0.5, 0.6) is 5.75 Å². The van der Waals surface area contributed by atoms with Crippen molar-refractivity contribution in [2.24, 2.45) is 14.1 Å². The average Bonchev–Trinajstić information content (AvgIpc) is 3.20. The van der Waals surface area contributed by atoms with Gasteiger partial charge in [-0.25, -0.2) is 14.1 Å². The molecule has 12 nitrogen and oxygen atoms in total. The molecule has 1 aromatic carbocycles. The van der Waals surface area contributed by atoms with Crippen LogP contribution in [0.15, 0.2) is 39.0 Å². The number of carbonyl (C=O) groups is 1. The molecule has 0 spiro atoms. The van der Waals surface area contributed by atoms with Crippen LogP contribution in [0.2, 0.25) is 0 Å². The largest absolute Gasteiger partial charge is 0.495 e. The molecule has 2 heterocycles. The summed E-state index contributed by atoms with van der Waals surface area (Å²) in [6.07, 6.45) is 1.32. The van der Waals surface area contributed by atoms with Crippen molar-refractivity contribution in [2.75, 3.05) is 25.5 Å². The summed E-state index contributed by atoms with van der Waals surface area (Å²) in [6.45, 7) is 4.23. The number of amides is 1. The quantitative estimate of drug-likeness (QED) is 0.439. The van der Waals surface area contributed by atoms with Gasteiger partial charge in [0.05, 0.1) is 24.0 Å². The van der Waals surface area contributed by atoms with Crippen molar-refractivity contribution in [2.45, 2.75) is 25.3 Å². The number of anilines is 1. The van der Waals surface area contributed by atoms with E-state index in [1.54, 1.807) is 6.07 Å². The van der Waals surface area contributed by atoms with E-state index in [1.807, 2.05) is 13.8 Å². The zero-order chi connectivity index (χ0) is 24.5. The maximum atomic E-state index is 12.8. The van der Waals surface area contributed by atoms with E-state index in [0.29, 0.717) is 18.8 Å². The fourth-order valence-corrected chi connectivity index (χ4v) is 5.09. The Morgan fingerprint density at radius 1 is 1.18 bits per heavy atom. The Morgan fingerprint density at radius 3 is 2.45 bits per heavy atom. The van der Waals surface area contributed by atoms with Gasteiger partial charge in [-0.05, 0) is 18.2 Å². The topological polar surface area (TPSA) is 144 Å². The third-order valence-electron chi connectivity index (χ3n) is 5.36. The molecule has 0 aliphatic heterocycles. The highest BCUT2D eigenvalue weighted by Gasteiger charge is 2.24. The van der Waals surface area contributed by atoms with Crippen molar-refractivity contribution in [3.63, 3.8) is 0 Å². The summed E-state index contributed by atoms with van der Waals surface area (Å²) in [5.41, 5.74) is -0.547. The van der Waals surface area contributed by atoms with Gasteiger partial charge in [-0.2, -0.15) is 0 Å². The summed E-state index contributed by atoms with van der Waals surface area (Å²) in [5, 5.41) is 2.69. The van der Waals surface area contributed by atoms with Gasteiger partial charge in [0.2, 0.25) is 5.91 Å². The van der Waals surface area contributed by atoms with Crippen LogP contribution in [-0.2, 0) is 25.4 Å². The van der Waals surface area contributed by atoms with Crippen LogP contribution in [0.3, 0.4) is 0 Å². The van der Waals surface area contributed by atoms with Crippen molar-refractivity contribution in [1.82, 2.24) is 23.0 Å². The second-order valence-corrected chi connectivity index (χ2v) is 9.32. The number of nitrogens with one attached hydrogen (secondary N) is 1. The van der Waals surface area contributed by atoms with Crippen LogP contribution < -0.4 is 21.3 Å². The minimum atomic E-state index is -3.25. The number of hydrogen-bond acceptors (Lipinski definition) is 8. The number of hydrogen-bond donors (Lipinski definition) is 3. The van der Waals surface area contributed by atoms with Crippen LogP contribution in [0.25, 0.3) is 11.2 Å². The lowest BCUT2D eigenvalue weighted by Gasteiger charge is -2.42. The highest BCUT2D eigenvalue weighted by atomic mass is 32.3. The molecule has 0 saturated heterocycles. The van der Waals surface area contributed by atoms with Crippen molar-refractivity contribution in [1.29, 1.82) is 0 Å². The summed E-state index contributed by atoms with van der Waals surface area (Å²) in [4.78, 5) is 41.8. The molecule has 2 aromatic heterocycles. The number of rotatable bonds is 8. The minimum Gasteiger partial charge on any atom is -0.495 e. The number of aryl methyl sites for hydroxylation is 1. The molecule has 0 unspecified atom stereocenters. The number of carbonyl (C=O) groups excluding carboxylic acids is 1. The lowest BCUT2D eigenvalue weighted by molar-refractivity contribution is -0.116. The molecule has 3 rings (SSSR count). The highest BCUT2D eigenvalue weighted by Crippen LogP contribution is 2.52. The molecule has 0 saturated carbocycles. The number of methoxy groups -OCH3 is 1. The summed E-state index contributed by atoms with van der Waals surface area (Å²) < 4.78 is 31.8. The minimum absolute atomic E-state index is 0.117. The van der Waals surface area contributed by atoms with Gasteiger partial charge in [0, 0.05) is 27.2 Å². The van der Waals surface area contributed by atoms with E-state index < -0.39 is 27.9 Å². The first-order valence-electron chi connectivity index (χ1n) is 10.2. The lowest BCUT2D eigenvalue weighted by Crippen LogP contribution is -2.37. The average molecular weight is 481 g/mol. The van der Waals surface area contributed by atoms with Crippen molar-refractivity contribution >= 4 is 33.5 Å². The first kappa shape index (κ1) is 24.5. The SMILES string of the molecule is CCN(CC)S(O)(O)c1ccc(OC)c(NC(=O)Cn2cnc3c2c(=O)n(C)c(=O)n3C)c1. The van der Waals surface area contributed by atoms with Gasteiger partial charge in [0.15, 0.2) is 11.2 Å². The second kappa shape index (κ2) is 9.39. The molecule has 1 amide bonds. The third-order valence-corrected chi connectivity index (χ3v) is 7.48. The Labute approximate surface area is 191 Å². The van der Waals surface area contributed by atoms with Crippen LogP contribution in [0.1, 0.15) is 13.8 Å². The van der Waals surface area contributed by atoms with Crippen LogP contribution in [0.4, 0.5) is 5.69 Å². The van der Waals surface area contributed by atoms with Gasteiger partial charge in [0.25, 0.3) is 5.56 Å². The zero-order valence-electron chi connectivity index (χ0n) is 19.1. The molecule has 0 aliphatic rings. The molecular weight excluding hydrogens is 452 g/mol. The summed E-state index contributed by atoms with van der Waals surface area (Å²) in [6, 6.07) is 4.54. The Morgan fingerprint density at radius 2 is 1.85 bits per heavy atom. The molecule has 0 radical (unpaired) electrons. The number of imidazole rings is 1. The molecule has 3 N–H and O–H groups in total. The Hall–Kier alpha value is -3.13. The first-order valence-corrected chi connectivity index (χ1v) is 11.7. The molecule has 0 atom stereocenters. The van der Waals surface area contributed by atoms with E-state index in [0.717, 1.165) is 4.57 Å². The maximum absolute atomic E-state index is 12.8. The molecule has 13 heteroatoms. The van der Waals surface area contributed by atoms with Crippen LogP contribution >= 0.6 is 10.8 Å². The highest BCUT2D eigenvalue weighted by molar-refractivity contribution is 8.22. The second-order valence-electron chi connectivity index (χ2n) is 7.29. The monoisotopic (exact) mass is 480 g/mol. The molecule has 33 heavy (non-hydrogen) atoms. The fraction of sp³-hybridized carbons (Fsp3) is 0.400. The molecular formula is C20H28N6O6S. The smallest absolute Gasteiger partial charge is 0.332 e. The van der Waals surface area contributed by atoms with Crippen molar-refractivity contribution < 1.29 is 18.6 Å². The van der Waals surface area contributed by atoms with E-state index in [9.17, 15) is 23.5 Å². The lowest BCUT2D eigenvalue weighted by atomic mass is 10.3. The molecule has 0 bridgehead atoms. The Balaban J connectivity index is 1.94. The number of aromatic nitrogens is 4. The van der Waals surface area contributed by atoms with Gasteiger partial charge in [0.1, 0.15) is 12.3 Å². The number of nitrogens with zero attached hydrogens (tertiary/aromatic N) is 5. The fourth-order valence-electron chi connectivity index (χ4n) is 3.55. The van der Waals surface area contributed by atoms with Crippen molar-refractivity contribution in [3.05, 3.63) is 45.4 Å². The van der Waals surface area contributed by atoms with Crippen molar-refractivity contribution in [3.8, 4) is 5.75 Å². The van der Waals surface area contributed by atoms with Gasteiger partial charge >= 0.3 is 5.69 Å². The van der Waals surface area contributed by atoms with Crippen LogP contribution in [-0.4, -0.2) is 58.2 Å². The number of benzene rings is 1. The molecule has 0 fully saturated rings. The predicted octanol–water partition coefficient (Wildman–Crippen LogP) is 1.45. The Bertz CT molecular complexity index is 1310. The maximum Gasteiger partial charge on any atom is 0.332 e. The van der Waals surface area contributed by atoms with Crippen LogP contribution in [0, 0.1) is 0 Å². The van der Waals surface area contributed by atoms with Gasteiger partial charge in [-0.15, -0.1) is 10.8 Å². The summed E-state index contributed by atoms with van der Waals surface area (Å²) >= 11 is 0. The van der Waals surface area contributed by atoms with E-state index in [2.05, 4.69) is 10.3 Å². The van der Waals surface area contributed by atoms with E-state index in [4.69, 9.17) is 4.74 Å². The third kappa shape index (κ3) is 4.39. The van der Waals surface area contributed by atoms with E-state index in [-0.39, 0.29) is 28.3 Å². The summed E-state index contributed by atoms with van der Waals surface area (Å²) in [7, 11) is 1.03. The van der Waals surface area contributed by atoms with E-state index >= 15 is 0 Å².